The molecule has 2 N–H and O–H groups in total. The number of carbonyl (C=O) groups is 1. The number of aromatic nitrogens is 1. The van der Waals surface area contributed by atoms with E-state index in [4.69, 9.17) is 9.57 Å². The molecule has 2 aromatic rings. The van der Waals surface area contributed by atoms with Crippen LogP contribution < -0.4 is 20.4 Å². The second-order valence-corrected chi connectivity index (χ2v) is 9.30. The fourth-order valence-electron chi connectivity index (χ4n) is 4.75. The molecule has 3 fully saturated rings. The Kier molecular flexibility index (Phi) is 6.12. The van der Waals surface area contributed by atoms with Gasteiger partial charge >= 0.3 is 5.97 Å². The Bertz CT molecular complexity index is 1260. The summed E-state index contributed by atoms with van der Waals surface area (Å²) in [7, 11) is 1.36. The number of ether oxygens (including phenoxy) is 1. The molecule has 1 unspecified atom stereocenters. The van der Waals surface area contributed by atoms with Crippen molar-refractivity contribution in [1.82, 2.24) is 9.88 Å². The number of methoxy groups -OCH3 is 1. The molecule has 2 heterocycles. The number of pyridine rings is 1. The molecule has 2 aliphatic carbocycles. The molecule has 1 aromatic carbocycles. The lowest BCUT2D eigenvalue weighted by molar-refractivity contribution is 0.0694. The van der Waals surface area contributed by atoms with Crippen LogP contribution in [0.2, 0.25) is 0 Å². The Morgan fingerprint density at radius 1 is 1.37 bits per heavy atom. The van der Waals surface area contributed by atoms with E-state index in [2.05, 4.69) is 10.5 Å². The Balaban J connectivity index is 1.62. The molecule has 1 aliphatic heterocycles. The van der Waals surface area contributed by atoms with Crippen molar-refractivity contribution in [3.8, 4) is 5.75 Å². The first-order valence-electron chi connectivity index (χ1n) is 11.8. The molecule has 11 heteroatoms. The molecule has 1 aromatic heterocycles. The predicted octanol–water partition coefficient (Wildman–Crippen LogP) is 2.71. The lowest BCUT2D eigenvalue weighted by Crippen LogP contribution is -2.30. The molecular weight excluding hydrogens is 462 g/mol. The second-order valence-electron chi connectivity index (χ2n) is 9.30. The minimum Gasteiger partial charge on any atom is -0.492 e. The zero-order chi connectivity index (χ0) is 24.9. The van der Waals surface area contributed by atoms with Crippen LogP contribution in [-0.4, -0.2) is 66.9 Å². The number of hydrogen-bond donors (Lipinski definition) is 2. The molecule has 35 heavy (non-hydrogen) atoms. The van der Waals surface area contributed by atoms with Gasteiger partial charge < -0.3 is 29.5 Å². The maximum absolute atomic E-state index is 15.6. The Morgan fingerprint density at radius 3 is 2.71 bits per heavy atom. The largest absolute Gasteiger partial charge is 0.492 e. The fraction of sp³-hybridized carbons (Fsp3) is 0.542. The highest BCUT2D eigenvalue weighted by Gasteiger charge is 2.42. The number of nitrogens with one attached hydrogen (secondary N) is 1. The van der Waals surface area contributed by atoms with Crippen LogP contribution in [0.15, 0.2) is 22.2 Å². The first-order valence-corrected chi connectivity index (χ1v) is 11.8. The van der Waals surface area contributed by atoms with Crippen molar-refractivity contribution < 1.29 is 28.3 Å². The van der Waals surface area contributed by atoms with Gasteiger partial charge in [0.25, 0.3) is 0 Å². The third-order valence-electron chi connectivity index (χ3n) is 6.79. The zero-order valence-corrected chi connectivity index (χ0v) is 19.6. The average Bonchev–Trinajstić information content (AvgIpc) is 3.75. The maximum atomic E-state index is 15.6. The number of alkyl halides is 1. The number of aromatic carboxylic acids is 1. The topological polar surface area (TPSA) is 105 Å². The highest BCUT2D eigenvalue weighted by atomic mass is 19.1. The van der Waals surface area contributed by atoms with Gasteiger partial charge in [-0.15, -0.1) is 0 Å². The second kappa shape index (κ2) is 9.10. The van der Waals surface area contributed by atoms with Gasteiger partial charge in [-0.1, -0.05) is 5.16 Å². The molecule has 9 nitrogen and oxygen atoms in total. The SMILES string of the molecule is CCO/N=C1/CN(c2c(F)cc3c(=O)c(C(=O)O)cn([C@@H]4C[C@@H]4F)c3c2OC)CC1CNC1CC1. The summed E-state index contributed by atoms with van der Waals surface area (Å²) in [6.45, 7) is 3.65. The maximum Gasteiger partial charge on any atom is 0.341 e. The van der Waals surface area contributed by atoms with Gasteiger partial charge in [-0.25, -0.2) is 13.6 Å². The van der Waals surface area contributed by atoms with Crippen LogP contribution in [0.1, 0.15) is 42.6 Å². The van der Waals surface area contributed by atoms with Gasteiger partial charge in [0.2, 0.25) is 5.43 Å². The van der Waals surface area contributed by atoms with Crippen molar-refractivity contribution in [2.75, 3.05) is 38.3 Å². The van der Waals surface area contributed by atoms with Crippen LogP contribution in [-0.2, 0) is 4.84 Å². The summed E-state index contributed by atoms with van der Waals surface area (Å²) in [4.78, 5) is 31.6. The molecule has 1 saturated heterocycles. The van der Waals surface area contributed by atoms with E-state index >= 15 is 4.39 Å². The van der Waals surface area contributed by atoms with Crippen molar-refractivity contribution in [2.24, 2.45) is 11.1 Å². The van der Waals surface area contributed by atoms with E-state index in [1.165, 1.54) is 11.7 Å². The molecule has 0 radical (unpaired) electrons. The van der Waals surface area contributed by atoms with E-state index in [1.54, 1.807) is 4.90 Å². The van der Waals surface area contributed by atoms with Crippen LogP contribution in [0.3, 0.4) is 0 Å². The monoisotopic (exact) mass is 490 g/mol. The summed E-state index contributed by atoms with van der Waals surface area (Å²) in [5.74, 6) is -2.12. The Labute approximate surface area is 200 Å². The van der Waals surface area contributed by atoms with Crippen LogP contribution in [0, 0.1) is 11.7 Å². The van der Waals surface area contributed by atoms with Crippen LogP contribution in [0.5, 0.6) is 5.75 Å². The lowest BCUT2D eigenvalue weighted by atomic mass is 10.1. The normalized spacial score (nSPS) is 24.9. The number of benzene rings is 1. The van der Waals surface area contributed by atoms with Crippen LogP contribution in [0.25, 0.3) is 10.9 Å². The molecule has 0 amide bonds. The van der Waals surface area contributed by atoms with Crippen molar-refractivity contribution in [3.63, 3.8) is 0 Å². The average molecular weight is 491 g/mol. The molecule has 2 saturated carbocycles. The standard InChI is InChI=1S/C24H28F2N4O5/c1-3-35-28-18-11-29(9-12(18)8-27-13-4-5-13)21-17(26)6-14-20(23(21)34-2)30(19-7-16(19)25)10-15(22(14)31)24(32)33/h6,10,12-13,16,19,27H,3-5,7-9,11H2,1-2H3,(H,32,33)/b28-18-/t12?,16-,19+/m0/s1. The minimum atomic E-state index is -1.45. The molecule has 3 atom stereocenters. The number of nitrogens with zero attached hydrogens (tertiary/aromatic N) is 3. The van der Waals surface area contributed by atoms with Crippen molar-refractivity contribution >= 4 is 28.3 Å². The predicted molar refractivity (Wildman–Crippen MR) is 126 cm³/mol. The van der Waals surface area contributed by atoms with E-state index in [0.717, 1.165) is 30.8 Å². The van der Waals surface area contributed by atoms with Gasteiger partial charge in [0, 0.05) is 37.7 Å². The van der Waals surface area contributed by atoms with E-state index < -0.39 is 35.0 Å². The minimum absolute atomic E-state index is 0.0165. The van der Waals surface area contributed by atoms with Gasteiger partial charge in [0.05, 0.1) is 36.3 Å². The van der Waals surface area contributed by atoms with Gasteiger partial charge in [-0.3, -0.25) is 4.79 Å². The summed E-state index contributed by atoms with van der Waals surface area (Å²) < 4.78 is 36.7. The van der Waals surface area contributed by atoms with E-state index in [1.807, 2.05) is 6.92 Å². The van der Waals surface area contributed by atoms with Gasteiger partial charge in [-0.05, 0) is 25.8 Å². The zero-order valence-electron chi connectivity index (χ0n) is 19.6. The molecule has 5 rings (SSSR count). The summed E-state index contributed by atoms with van der Waals surface area (Å²) in [5.41, 5.74) is -0.289. The smallest absolute Gasteiger partial charge is 0.341 e. The number of carboxylic acid groups (broad SMARTS) is 1. The van der Waals surface area contributed by atoms with Crippen LogP contribution in [0.4, 0.5) is 14.5 Å². The number of oxime groups is 1. The third-order valence-corrected chi connectivity index (χ3v) is 6.79. The van der Waals surface area contributed by atoms with Gasteiger partial charge in [0.1, 0.15) is 24.0 Å². The van der Waals surface area contributed by atoms with E-state index in [-0.39, 0.29) is 34.7 Å². The first-order chi connectivity index (χ1) is 16.8. The van der Waals surface area contributed by atoms with Crippen LogP contribution >= 0.6 is 0 Å². The molecule has 188 valence electrons. The highest BCUT2D eigenvalue weighted by molar-refractivity contribution is 5.99. The lowest BCUT2D eigenvalue weighted by Gasteiger charge is -2.24. The fourth-order valence-corrected chi connectivity index (χ4v) is 4.75. The Hall–Kier alpha value is -3.21. The molecule has 3 aliphatic rings. The number of anilines is 1. The summed E-state index contributed by atoms with van der Waals surface area (Å²) in [5, 5.41) is 17.1. The van der Waals surface area contributed by atoms with Crippen molar-refractivity contribution in [1.29, 1.82) is 0 Å². The van der Waals surface area contributed by atoms with Gasteiger partial charge in [0.15, 0.2) is 11.6 Å². The number of rotatable bonds is 9. The van der Waals surface area contributed by atoms with Crippen molar-refractivity contribution in [2.45, 2.75) is 44.4 Å². The first kappa shape index (κ1) is 23.5. The highest BCUT2D eigenvalue weighted by Crippen LogP contribution is 2.45. The van der Waals surface area contributed by atoms with Crippen molar-refractivity contribution in [3.05, 3.63) is 33.9 Å². The van der Waals surface area contributed by atoms with E-state index in [9.17, 15) is 19.1 Å². The summed E-state index contributed by atoms with van der Waals surface area (Å²) >= 11 is 0. The molecule has 0 spiro atoms. The number of hydrogen-bond acceptors (Lipinski definition) is 7. The quantitative estimate of drug-likeness (QED) is 0.521. The molecular formula is C24H28F2N4O5. The third kappa shape index (κ3) is 4.33. The molecule has 0 bridgehead atoms. The van der Waals surface area contributed by atoms with Gasteiger partial charge in [-0.2, -0.15) is 0 Å². The summed E-state index contributed by atoms with van der Waals surface area (Å²) in [6, 6.07) is 0.880. The van der Waals surface area contributed by atoms with E-state index in [0.29, 0.717) is 32.3 Å². The number of halogens is 2. The summed E-state index contributed by atoms with van der Waals surface area (Å²) in [6.07, 6.45) is 2.39. The Morgan fingerprint density at radius 2 is 2.11 bits per heavy atom. The number of fused-ring (bicyclic) bond motifs is 1. The number of carboxylic acids is 1.